The summed E-state index contributed by atoms with van der Waals surface area (Å²) in [6.07, 6.45) is 5.36. The van der Waals surface area contributed by atoms with Gasteiger partial charge in [0, 0.05) is 31.2 Å². The molecule has 1 aliphatic carbocycles. The lowest BCUT2D eigenvalue weighted by molar-refractivity contribution is -0.127. The average molecular weight is 316 g/mol. The summed E-state index contributed by atoms with van der Waals surface area (Å²) in [6, 6.07) is 7.41. The largest absolute Gasteiger partial charge is 0.376 e. The molecule has 2 fully saturated rings. The van der Waals surface area contributed by atoms with Crippen LogP contribution in [0.25, 0.3) is 0 Å². The molecule has 0 unspecified atom stereocenters. The average Bonchev–Trinajstić information content (AvgIpc) is 3.02. The highest BCUT2D eigenvalue weighted by Gasteiger charge is 2.24. The van der Waals surface area contributed by atoms with Crippen LogP contribution < -0.4 is 10.6 Å². The third kappa shape index (κ3) is 4.32. The zero-order valence-electron chi connectivity index (χ0n) is 13.3. The van der Waals surface area contributed by atoms with Crippen molar-refractivity contribution in [2.45, 2.75) is 44.8 Å². The zero-order chi connectivity index (χ0) is 16.1. The summed E-state index contributed by atoms with van der Waals surface area (Å²) in [4.78, 5) is 24.1. The highest BCUT2D eigenvalue weighted by atomic mass is 16.5. The lowest BCUT2D eigenvalue weighted by Crippen LogP contribution is -2.34. The Kier molecular flexibility index (Phi) is 5.28. The lowest BCUT2D eigenvalue weighted by Gasteiger charge is -2.24. The second-order valence-electron chi connectivity index (χ2n) is 6.39. The van der Waals surface area contributed by atoms with Crippen molar-refractivity contribution in [2.75, 3.05) is 13.2 Å². The molecule has 0 radical (unpaired) electrons. The maximum Gasteiger partial charge on any atom is 0.251 e. The van der Waals surface area contributed by atoms with E-state index in [2.05, 4.69) is 10.6 Å². The Morgan fingerprint density at radius 3 is 2.70 bits per heavy atom. The van der Waals surface area contributed by atoms with E-state index in [0.717, 1.165) is 44.3 Å². The van der Waals surface area contributed by atoms with E-state index in [1.165, 1.54) is 0 Å². The van der Waals surface area contributed by atoms with Crippen LogP contribution in [0, 0.1) is 5.92 Å². The van der Waals surface area contributed by atoms with Gasteiger partial charge in [-0.15, -0.1) is 0 Å². The van der Waals surface area contributed by atoms with Crippen LogP contribution in [0.4, 0.5) is 0 Å². The van der Waals surface area contributed by atoms with Crippen LogP contribution in [-0.4, -0.2) is 31.1 Å². The number of ether oxygens (including phenoxy) is 1. The molecule has 2 aliphatic rings. The molecule has 1 atom stereocenters. The molecule has 5 nitrogen and oxygen atoms in total. The van der Waals surface area contributed by atoms with Gasteiger partial charge in [-0.2, -0.15) is 0 Å². The van der Waals surface area contributed by atoms with E-state index in [9.17, 15) is 9.59 Å². The van der Waals surface area contributed by atoms with E-state index in [1.54, 1.807) is 6.07 Å². The second kappa shape index (κ2) is 7.59. The number of carbonyl (C=O) groups excluding carboxylic acids is 2. The van der Waals surface area contributed by atoms with Crippen LogP contribution in [0.3, 0.4) is 0 Å². The number of carbonyl (C=O) groups is 2. The van der Waals surface area contributed by atoms with Gasteiger partial charge in [0.25, 0.3) is 5.91 Å². The standard InChI is InChI=1S/C18H24N2O3/c21-17(14-5-2-6-14)19-11-13-4-1-7-15(10-13)18(22)20-12-16-8-3-9-23-16/h1,4,7,10,14,16H,2-3,5-6,8-9,11-12H2,(H,19,21)(H,20,22)/t16-/m0/s1. The van der Waals surface area contributed by atoms with Crippen LogP contribution >= 0.6 is 0 Å². The van der Waals surface area contributed by atoms with Crippen molar-refractivity contribution in [3.63, 3.8) is 0 Å². The molecule has 1 heterocycles. The SMILES string of the molecule is O=C(NC[C@@H]1CCCO1)c1cccc(CNC(=O)C2CCC2)c1. The molecular formula is C18H24N2O3. The Balaban J connectivity index is 1.49. The molecule has 0 aromatic heterocycles. The lowest BCUT2D eigenvalue weighted by atomic mass is 9.85. The summed E-state index contributed by atoms with van der Waals surface area (Å²) in [5, 5.41) is 5.87. The van der Waals surface area contributed by atoms with Gasteiger partial charge in [-0.3, -0.25) is 9.59 Å². The fourth-order valence-corrected chi connectivity index (χ4v) is 2.94. The first kappa shape index (κ1) is 16.0. The molecule has 1 aliphatic heterocycles. The van der Waals surface area contributed by atoms with Crippen molar-refractivity contribution in [3.05, 3.63) is 35.4 Å². The first-order valence-corrected chi connectivity index (χ1v) is 8.49. The van der Waals surface area contributed by atoms with Crippen molar-refractivity contribution < 1.29 is 14.3 Å². The molecule has 0 bridgehead atoms. The Bertz CT molecular complexity index is 563. The number of hydrogen-bond acceptors (Lipinski definition) is 3. The van der Waals surface area contributed by atoms with Gasteiger partial charge < -0.3 is 15.4 Å². The van der Waals surface area contributed by atoms with Crippen molar-refractivity contribution in [2.24, 2.45) is 5.92 Å². The quantitative estimate of drug-likeness (QED) is 0.843. The molecular weight excluding hydrogens is 292 g/mol. The summed E-state index contributed by atoms with van der Waals surface area (Å²) in [5.74, 6) is 0.227. The van der Waals surface area contributed by atoms with Crippen LogP contribution in [0.1, 0.15) is 48.0 Å². The summed E-state index contributed by atoms with van der Waals surface area (Å²) in [6.45, 7) is 1.82. The van der Waals surface area contributed by atoms with Gasteiger partial charge in [-0.05, 0) is 43.4 Å². The molecule has 2 N–H and O–H groups in total. The molecule has 5 heteroatoms. The van der Waals surface area contributed by atoms with Crippen LogP contribution in [0.5, 0.6) is 0 Å². The third-order valence-corrected chi connectivity index (χ3v) is 4.65. The summed E-state index contributed by atoms with van der Waals surface area (Å²) in [5.41, 5.74) is 1.57. The molecule has 1 saturated carbocycles. The summed E-state index contributed by atoms with van der Waals surface area (Å²) in [7, 11) is 0. The van der Waals surface area contributed by atoms with E-state index >= 15 is 0 Å². The van der Waals surface area contributed by atoms with E-state index in [0.29, 0.717) is 18.7 Å². The fraction of sp³-hybridized carbons (Fsp3) is 0.556. The van der Waals surface area contributed by atoms with Gasteiger partial charge in [0.15, 0.2) is 0 Å². The summed E-state index contributed by atoms with van der Waals surface area (Å²) < 4.78 is 5.50. The molecule has 2 amide bonds. The van der Waals surface area contributed by atoms with E-state index in [1.807, 2.05) is 18.2 Å². The van der Waals surface area contributed by atoms with Gasteiger partial charge in [-0.25, -0.2) is 0 Å². The minimum absolute atomic E-state index is 0.0901. The molecule has 124 valence electrons. The van der Waals surface area contributed by atoms with Gasteiger partial charge in [-0.1, -0.05) is 18.6 Å². The topological polar surface area (TPSA) is 67.4 Å². The van der Waals surface area contributed by atoms with Crippen molar-refractivity contribution in [3.8, 4) is 0 Å². The highest BCUT2D eigenvalue weighted by molar-refractivity contribution is 5.94. The first-order chi connectivity index (χ1) is 11.2. The van der Waals surface area contributed by atoms with Gasteiger partial charge in [0.1, 0.15) is 0 Å². The normalized spacial score (nSPS) is 20.8. The molecule has 1 aromatic carbocycles. The van der Waals surface area contributed by atoms with Crippen LogP contribution in [0.2, 0.25) is 0 Å². The molecule has 0 spiro atoms. The Morgan fingerprint density at radius 1 is 1.13 bits per heavy atom. The Morgan fingerprint density at radius 2 is 2.00 bits per heavy atom. The first-order valence-electron chi connectivity index (χ1n) is 8.49. The van der Waals surface area contributed by atoms with Crippen molar-refractivity contribution in [1.29, 1.82) is 0 Å². The Hall–Kier alpha value is -1.88. The molecule has 3 rings (SSSR count). The van der Waals surface area contributed by atoms with E-state index in [4.69, 9.17) is 4.74 Å². The van der Waals surface area contributed by atoms with Gasteiger partial charge >= 0.3 is 0 Å². The fourth-order valence-electron chi connectivity index (χ4n) is 2.94. The maximum atomic E-state index is 12.2. The number of amides is 2. The number of hydrogen-bond donors (Lipinski definition) is 2. The highest BCUT2D eigenvalue weighted by Crippen LogP contribution is 2.26. The minimum Gasteiger partial charge on any atom is -0.376 e. The predicted molar refractivity (Wildman–Crippen MR) is 86.9 cm³/mol. The van der Waals surface area contributed by atoms with Crippen molar-refractivity contribution in [1.82, 2.24) is 10.6 Å². The predicted octanol–water partition coefficient (Wildman–Crippen LogP) is 2.01. The minimum atomic E-state index is -0.0901. The van der Waals surface area contributed by atoms with E-state index in [-0.39, 0.29) is 23.8 Å². The second-order valence-corrected chi connectivity index (χ2v) is 6.39. The van der Waals surface area contributed by atoms with Gasteiger partial charge in [0.05, 0.1) is 6.10 Å². The van der Waals surface area contributed by atoms with Gasteiger partial charge in [0.2, 0.25) is 5.91 Å². The summed E-state index contributed by atoms with van der Waals surface area (Å²) >= 11 is 0. The smallest absolute Gasteiger partial charge is 0.251 e. The van der Waals surface area contributed by atoms with Crippen LogP contribution in [-0.2, 0) is 16.1 Å². The zero-order valence-corrected chi connectivity index (χ0v) is 13.3. The molecule has 1 aromatic rings. The third-order valence-electron chi connectivity index (χ3n) is 4.65. The van der Waals surface area contributed by atoms with Crippen molar-refractivity contribution >= 4 is 11.8 Å². The molecule has 23 heavy (non-hydrogen) atoms. The monoisotopic (exact) mass is 316 g/mol. The van der Waals surface area contributed by atoms with Crippen LogP contribution in [0.15, 0.2) is 24.3 Å². The molecule has 1 saturated heterocycles. The number of rotatable bonds is 6. The number of nitrogens with one attached hydrogen (secondary N) is 2. The van der Waals surface area contributed by atoms with E-state index < -0.39 is 0 Å². The maximum absolute atomic E-state index is 12.2. The Labute approximate surface area is 136 Å². The number of benzene rings is 1.